The number of rotatable bonds is 4. The summed E-state index contributed by atoms with van der Waals surface area (Å²) in [5.74, 6) is 0.882. The molecule has 1 fully saturated rings. The van der Waals surface area contributed by atoms with Crippen LogP contribution in [0.4, 0.5) is 4.79 Å². The van der Waals surface area contributed by atoms with Gasteiger partial charge in [-0.1, -0.05) is 17.8 Å². The molecule has 1 aliphatic heterocycles. The molecule has 19 heavy (non-hydrogen) atoms. The Bertz CT molecular complexity index is 625. The molecule has 0 bridgehead atoms. The summed E-state index contributed by atoms with van der Waals surface area (Å²) < 4.78 is 1.99. The van der Waals surface area contributed by atoms with Crippen molar-refractivity contribution in [1.29, 1.82) is 0 Å². The Morgan fingerprint density at radius 2 is 2.26 bits per heavy atom. The molecule has 0 radical (unpaired) electrons. The first-order valence-electron chi connectivity index (χ1n) is 5.78. The van der Waals surface area contributed by atoms with Crippen LogP contribution in [0.1, 0.15) is 0 Å². The smallest absolute Gasteiger partial charge is 0.288 e. The Balaban J connectivity index is 1.65. The Kier molecular flexibility index (Phi) is 3.48. The standard InChI is InChI=1S/C12H11N3O2S2/c16-10-8-19-12(17)15(10)6-7-18-11-3-1-2-9-13-4-5-14(9)11/h1-5H,6-8H2. The Hall–Kier alpha value is -1.47. The molecule has 3 heterocycles. The minimum absolute atomic E-state index is 0.0866. The van der Waals surface area contributed by atoms with Crippen LogP contribution in [-0.2, 0) is 4.79 Å². The average molecular weight is 293 g/mol. The summed E-state index contributed by atoms with van der Waals surface area (Å²) in [6.07, 6.45) is 3.66. The van der Waals surface area contributed by atoms with Gasteiger partial charge in [0.25, 0.3) is 5.24 Å². The molecule has 0 aliphatic carbocycles. The molecule has 7 heteroatoms. The molecule has 0 unspecified atom stereocenters. The van der Waals surface area contributed by atoms with Crippen molar-refractivity contribution in [3.63, 3.8) is 0 Å². The third kappa shape index (κ3) is 2.48. The van der Waals surface area contributed by atoms with Crippen LogP contribution >= 0.6 is 23.5 Å². The lowest BCUT2D eigenvalue weighted by Crippen LogP contribution is -2.30. The number of hydrogen-bond acceptors (Lipinski definition) is 5. The van der Waals surface area contributed by atoms with E-state index in [1.54, 1.807) is 18.0 Å². The molecule has 5 nitrogen and oxygen atoms in total. The first-order valence-corrected chi connectivity index (χ1v) is 7.75. The van der Waals surface area contributed by atoms with Crippen LogP contribution in [-0.4, -0.2) is 43.5 Å². The molecular formula is C12H11N3O2S2. The molecule has 2 amide bonds. The largest absolute Gasteiger partial charge is 0.294 e. The fourth-order valence-corrected chi connectivity index (χ4v) is 3.58. The minimum atomic E-state index is -0.133. The van der Waals surface area contributed by atoms with Gasteiger partial charge in [0.2, 0.25) is 5.91 Å². The molecule has 1 aliphatic rings. The van der Waals surface area contributed by atoms with E-state index in [1.807, 2.05) is 28.8 Å². The van der Waals surface area contributed by atoms with E-state index in [0.717, 1.165) is 22.4 Å². The van der Waals surface area contributed by atoms with E-state index in [-0.39, 0.29) is 16.9 Å². The van der Waals surface area contributed by atoms with Gasteiger partial charge in [-0.05, 0) is 12.1 Å². The van der Waals surface area contributed by atoms with Gasteiger partial charge in [0, 0.05) is 24.7 Å². The molecular weight excluding hydrogens is 282 g/mol. The SMILES string of the molecule is O=C1CSC(=O)N1CCSc1cccc2nccn12. The van der Waals surface area contributed by atoms with Gasteiger partial charge in [-0.15, -0.1) is 11.8 Å². The third-order valence-corrected chi connectivity index (χ3v) is 4.67. The van der Waals surface area contributed by atoms with Gasteiger partial charge in [0.1, 0.15) is 5.65 Å². The monoisotopic (exact) mass is 293 g/mol. The molecule has 0 saturated carbocycles. The van der Waals surface area contributed by atoms with Crippen LogP contribution in [0.2, 0.25) is 0 Å². The molecule has 3 rings (SSSR count). The van der Waals surface area contributed by atoms with E-state index in [9.17, 15) is 9.59 Å². The van der Waals surface area contributed by atoms with Crippen molar-refractivity contribution in [3.8, 4) is 0 Å². The Labute approximate surface area is 118 Å². The maximum Gasteiger partial charge on any atom is 0.288 e. The lowest BCUT2D eigenvalue weighted by Gasteiger charge is -2.12. The first-order chi connectivity index (χ1) is 9.25. The number of amides is 2. The second-order valence-corrected chi connectivity index (χ2v) is 6.01. The van der Waals surface area contributed by atoms with Gasteiger partial charge in [-0.2, -0.15) is 0 Å². The van der Waals surface area contributed by atoms with Crippen molar-refractivity contribution in [2.24, 2.45) is 0 Å². The van der Waals surface area contributed by atoms with E-state index in [2.05, 4.69) is 4.98 Å². The van der Waals surface area contributed by atoms with Crippen LogP contribution in [0.25, 0.3) is 5.65 Å². The maximum absolute atomic E-state index is 11.5. The minimum Gasteiger partial charge on any atom is -0.294 e. The zero-order chi connectivity index (χ0) is 13.2. The quantitative estimate of drug-likeness (QED) is 0.808. The number of pyridine rings is 1. The number of imidazole rings is 1. The lowest BCUT2D eigenvalue weighted by molar-refractivity contribution is -0.124. The number of imide groups is 1. The molecule has 0 N–H and O–H groups in total. The lowest BCUT2D eigenvalue weighted by atomic mass is 10.5. The molecule has 2 aromatic rings. The number of carbonyl (C=O) groups is 2. The van der Waals surface area contributed by atoms with Crippen LogP contribution < -0.4 is 0 Å². The number of fused-ring (bicyclic) bond motifs is 1. The summed E-state index contributed by atoms with van der Waals surface area (Å²) in [6.45, 7) is 0.459. The van der Waals surface area contributed by atoms with Gasteiger partial charge in [-0.25, -0.2) is 4.98 Å². The van der Waals surface area contributed by atoms with E-state index in [0.29, 0.717) is 12.3 Å². The van der Waals surface area contributed by atoms with Crippen LogP contribution in [0.15, 0.2) is 35.6 Å². The Morgan fingerprint density at radius 3 is 3.05 bits per heavy atom. The number of nitrogens with zero attached hydrogens (tertiary/aromatic N) is 3. The highest BCUT2D eigenvalue weighted by Gasteiger charge is 2.29. The van der Waals surface area contributed by atoms with Crippen LogP contribution in [0.3, 0.4) is 0 Å². The van der Waals surface area contributed by atoms with Crippen LogP contribution in [0, 0.1) is 0 Å². The second kappa shape index (κ2) is 5.26. The van der Waals surface area contributed by atoms with Crippen molar-refractivity contribution >= 4 is 40.3 Å². The van der Waals surface area contributed by atoms with E-state index >= 15 is 0 Å². The molecule has 0 aromatic carbocycles. The van der Waals surface area contributed by atoms with Gasteiger partial charge < -0.3 is 0 Å². The predicted octanol–water partition coefficient (Wildman–Crippen LogP) is 2.12. The van der Waals surface area contributed by atoms with Gasteiger partial charge >= 0.3 is 0 Å². The summed E-state index contributed by atoms with van der Waals surface area (Å²) >= 11 is 2.69. The number of aromatic nitrogens is 2. The van der Waals surface area contributed by atoms with Crippen molar-refractivity contribution in [3.05, 3.63) is 30.6 Å². The third-order valence-electron chi connectivity index (χ3n) is 2.80. The highest BCUT2D eigenvalue weighted by Crippen LogP contribution is 2.22. The van der Waals surface area contributed by atoms with Crippen molar-refractivity contribution in [1.82, 2.24) is 14.3 Å². The van der Waals surface area contributed by atoms with Gasteiger partial charge in [0.05, 0.1) is 10.8 Å². The maximum atomic E-state index is 11.5. The molecule has 0 spiro atoms. The molecule has 1 saturated heterocycles. The fraction of sp³-hybridized carbons (Fsp3) is 0.250. The molecule has 98 valence electrons. The summed E-state index contributed by atoms with van der Waals surface area (Å²) in [6, 6.07) is 5.89. The summed E-state index contributed by atoms with van der Waals surface area (Å²) in [5.41, 5.74) is 0.897. The van der Waals surface area contributed by atoms with Gasteiger partial charge in [-0.3, -0.25) is 18.9 Å². The summed E-state index contributed by atoms with van der Waals surface area (Å²) in [4.78, 5) is 28.4. The normalized spacial score (nSPS) is 15.7. The topological polar surface area (TPSA) is 54.7 Å². The number of hydrogen-bond donors (Lipinski definition) is 0. The second-order valence-electron chi connectivity index (χ2n) is 3.97. The summed E-state index contributed by atoms with van der Waals surface area (Å²) in [7, 11) is 0. The van der Waals surface area contributed by atoms with E-state index in [4.69, 9.17) is 0 Å². The summed E-state index contributed by atoms with van der Waals surface area (Å²) in [5, 5.41) is 0.924. The van der Waals surface area contributed by atoms with E-state index < -0.39 is 0 Å². The zero-order valence-electron chi connectivity index (χ0n) is 9.98. The predicted molar refractivity (Wildman–Crippen MR) is 75.5 cm³/mol. The molecule has 0 atom stereocenters. The number of thioether (sulfide) groups is 2. The van der Waals surface area contributed by atoms with Gasteiger partial charge in [0.15, 0.2) is 0 Å². The highest BCUT2D eigenvalue weighted by molar-refractivity contribution is 8.14. The molecule has 2 aromatic heterocycles. The van der Waals surface area contributed by atoms with Crippen molar-refractivity contribution < 1.29 is 9.59 Å². The van der Waals surface area contributed by atoms with Crippen molar-refractivity contribution in [2.75, 3.05) is 18.1 Å². The Morgan fingerprint density at radius 1 is 1.37 bits per heavy atom. The van der Waals surface area contributed by atoms with E-state index in [1.165, 1.54) is 4.90 Å². The average Bonchev–Trinajstić information content (AvgIpc) is 3.00. The van der Waals surface area contributed by atoms with Crippen LogP contribution in [0.5, 0.6) is 0 Å². The fourth-order valence-electron chi connectivity index (χ4n) is 1.88. The first kappa shape index (κ1) is 12.6. The highest BCUT2D eigenvalue weighted by atomic mass is 32.2. The van der Waals surface area contributed by atoms with Crippen molar-refractivity contribution in [2.45, 2.75) is 5.03 Å². The zero-order valence-corrected chi connectivity index (χ0v) is 11.6. The number of carbonyl (C=O) groups excluding carboxylic acids is 2.